The van der Waals surface area contributed by atoms with Gasteiger partial charge in [0, 0.05) is 31.5 Å². The lowest BCUT2D eigenvalue weighted by atomic mass is 9.84. The van der Waals surface area contributed by atoms with Crippen molar-refractivity contribution in [1.29, 1.82) is 0 Å². The molecule has 1 unspecified atom stereocenters. The van der Waals surface area contributed by atoms with Gasteiger partial charge in [0.25, 0.3) is 0 Å². The summed E-state index contributed by atoms with van der Waals surface area (Å²) in [6.07, 6.45) is 11.6. The largest absolute Gasteiger partial charge is 0.328 e. The van der Waals surface area contributed by atoms with E-state index in [0.717, 1.165) is 32.0 Å². The lowest BCUT2D eigenvalue weighted by Crippen LogP contribution is -2.42. The third kappa shape index (κ3) is 3.75. The van der Waals surface area contributed by atoms with Gasteiger partial charge in [0.15, 0.2) is 0 Å². The smallest absolute Gasteiger partial charge is 0.312 e. The molecule has 0 radical (unpaired) electrons. The lowest BCUT2D eigenvalue weighted by molar-refractivity contribution is 0.248. The van der Waals surface area contributed by atoms with Crippen LogP contribution in [0.1, 0.15) is 52.4 Å². The molecule has 1 aromatic heterocycles. The molecule has 1 fully saturated rings. The van der Waals surface area contributed by atoms with Gasteiger partial charge < -0.3 is 5.32 Å². The van der Waals surface area contributed by atoms with Crippen molar-refractivity contribution < 1.29 is 0 Å². The summed E-state index contributed by atoms with van der Waals surface area (Å²) in [7, 11) is 0. The number of hydrogen-bond acceptors (Lipinski definition) is 2. The first-order valence-electron chi connectivity index (χ1n) is 8.25. The lowest BCUT2D eigenvalue weighted by Gasteiger charge is -2.31. The number of aromatic nitrogens is 2. The molecule has 0 bridgehead atoms. The zero-order valence-electron chi connectivity index (χ0n) is 13.0. The third-order valence-electron chi connectivity index (χ3n) is 4.46. The molecule has 0 spiro atoms. The summed E-state index contributed by atoms with van der Waals surface area (Å²) in [6, 6.07) is 0.440. The highest BCUT2D eigenvalue weighted by Crippen LogP contribution is 2.27. The Hall–Kier alpha value is -1.03. The molecule has 1 aromatic rings. The van der Waals surface area contributed by atoms with Gasteiger partial charge in [-0.05, 0) is 31.7 Å². The molecule has 1 heterocycles. The average molecular weight is 279 g/mol. The first-order valence-corrected chi connectivity index (χ1v) is 8.25. The fourth-order valence-electron chi connectivity index (χ4n) is 3.39. The molecule has 1 atom stereocenters. The number of hydrogen-bond donors (Lipinski definition) is 1. The van der Waals surface area contributed by atoms with Crippen LogP contribution >= 0.6 is 0 Å². The molecule has 1 saturated carbocycles. The van der Waals surface area contributed by atoms with Crippen molar-refractivity contribution in [3.05, 3.63) is 22.9 Å². The molecule has 4 nitrogen and oxygen atoms in total. The topological polar surface area (TPSA) is 39.0 Å². The summed E-state index contributed by atoms with van der Waals surface area (Å²) in [6.45, 7) is 6.87. The minimum absolute atomic E-state index is 0.144. The Morgan fingerprint density at radius 3 is 2.55 bits per heavy atom. The molecule has 0 amide bonds. The Morgan fingerprint density at radius 2 is 1.90 bits per heavy atom. The highest BCUT2D eigenvalue weighted by atomic mass is 16.1. The van der Waals surface area contributed by atoms with Crippen molar-refractivity contribution >= 4 is 0 Å². The van der Waals surface area contributed by atoms with Crippen molar-refractivity contribution in [1.82, 2.24) is 14.5 Å². The van der Waals surface area contributed by atoms with Gasteiger partial charge in [0.1, 0.15) is 0 Å². The van der Waals surface area contributed by atoms with Gasteiger partial charge in [-0.25, -0.2) is 4.79 Å². The molecule has 0 saturated heterocycles. The monoisotopic (exact) mass is 279 g/mol. The highest BCUT2D eigenvalue weighted by Gasteiger charge is 2.23. The van der Waals surface area contributed by atoms with E-state index in [1.807, 2.05) is 21.5 Å². The van der Waals surface area contributed by atoms with E-state index in [2.05, 4.69) is 19.2 Å². The zero-order valence-corrected chi connectivity index (χ0v) is 13.0. The van der Waals surface area contributed by atoms with E-state index < -0.39 is 0 Å². The predicted octanol–water partition coefficient (Wildman–Crippen LogP) is 2.62. The summed E-state index contributed by atoms with van der Waals surface area (Å²) < 4.78 is 3.71. The summed E-state index contributed by atoms with van der Waals surface area (Å²) >= 11 is 0. The molecular formula is C16H29N3O. The van der Waals surface area contributed by atoms with Crippen molar-refractivity contribution in [2.45, 2.75) is 71.5 Å². The molecule has 20 heavy (non-hydrogen) atoms. The standard InChI is InChI=1S/C16H29N3O/c1-3-10-18-11-12-19(16(18)20)13-15(17-4-2)14-8-6-5-7-9-14/h11-12,14-15,17H,3-10,13H2,1-2H3. The van der Waals surface area contributed by atoms with Gasteiger partial charge in [0.05, 0.1) is 0 Å². The van der Waals surface area contributed by atoms with E-state index in [1.165, 1.54) is 32.1 Å². The van der Waals surface area contributed by atoms with Crippen molar-refractivity contribution in [2.24, 2.45) is 5.92 Å². The maximum Gasteiger partial charge on any atom is 0.328 e. The maximum absolute atomic E-state index is 12.3. The Bertz CT molecular complexity index is 443. The fraction of sp³-hybridized carbons (Fsp3) is 0.812. The van der Waals surface area contributed by atoms with Crippen LogP contribution in [0.5, 0.6) is 0 Å². The molecule has 2 rings (SSSR count). The average Bonchev–Trinajstić information content (AvgIpc) is 2.81. The second-order valence-corrected chi connectivity index (χ2v) is 5.99. The van der Waals surface area contributed by atoms with Crippen LogP contribution in [0.3, 0.4) is 0 Å². The molecule has 1 aliphatic carbocycles. The number of nitrogens with one attached hydrogen (secondary N) is 1. The maximum atomic E-state index is 12.3. The van der Waals surface area contributed by atoms with Crippen LogP contribution in [0.15, 0.2) is 17.2 Å². The molecular weight excluding hydrogens is 250 g/mol. The summed E-state index contributed by atoms with van der Waals surface area (Å²) in [4.78, 5) is 12.3. The normalized spacial score (nSPS) is 18.3. The molecule has 0 aliphatic heterocycles. The Kier molecular flexibility index (Phi) is 5.89. The van der Waals surface area contributed by atoms with E-state index in [0.29, 0.717) is 6.04 Å². The Labute approximate surface area is 122 Å². The second-order valence-electron chi connectivity index (χ2n) is 5.99. The van der Waals surface area contributed by atoms with E-state index >= 15 is 0 Å². The second kappa shape index (κ2) is 7.67. The highest BCUT2D eigenvalue weighted by molar-refractivity contribution is 4.86. The SMILES string of the molecule is CCCn1ccn(CC(NCC)C2CCCCC2)c1=O. The van der Waals surface area contributed by atoms with Gasteiger partial charge in [-0.1, -0.05) is 33.1 Å². The Morgan fingerprint density at radius 1 is 1.20 bits per heavy atom. The number of aryl methyl sites for hydroxylation is 1. The fourth-order valence-corrected chi connectivity index (χ4v) is 3.39. The zero-order chi connectivity index (χ0) is 14.4. The first-order chi connectivity index (χ1) is 9.76. The van der Waals surface area contributed by atoms with E-state index in [1.54, 1.807) is 0 Å². The van der Waals surface area contributed by atoms with Gasteiger partial charge >= 0.3 is 5.69 Å². The van der Waals surface area contributed by atoms with E-state index in [9.17, 15) is 4.79 Å². The number of likely N-dealkylation sites (N-methyl/N-ethyl adjacent to an activating group) is 1. The van der Waals surface area contributed by atoms with Crippen LogP contribution in [-0.4, -0.2) is 21.7 Å². The third-order valence-corrected chi connectivity index (χ3v) is 4.46. The van der Waals surface area contributed by atoms with Gasteiger partial charge in [-0.2, -0.15) is 0 Å². The minimum Gasteiger partial charge on any atom is -0.312 e. The van der Waals surface area contributed by atoms with Gasteiger partial charge in [0.2, 0.25) is 0 Å². The minimum atomic E-state index is 0.144. The molecule has 4 heteroatoms. The molecule has 114 valence electrons. The molecule has 0 aromatic carbocycles. The number of imidazole rings is 1. The van der Waals surface area contributed by atoms with Crippen LogP contribution in [0.25, 0.3) is 0 Å². The number of nitrogens with zero attached hydrogens (tertiary/aromatic N) is 2. The van der Waals surface area contributed by atoms with Crippen LogP contribution in [0.2, 0.25) is 0 Å². The van der Waals surface area contributed by atoms with E-state index in [4.69, 9.17) is 0 Å². The molecule has 1 N–H and O–H groups in total. The van der Waals surface area contributed by atoms with Gasteiger partial charge in [-0.15, -0.1) is 0 Å². The van der Waals surface area contributed by atoms with Crippen molar-refractivity contribution in [3.63, 3.8) is 0 Å². The quantitative estimate of drug-likeness (QED) is 0.833. The first kappa shape index (κ1) is 15.4. The predicted molar refractivity (Wildman–Crippen MR) is 83.0 cm³/mol. The van der Waals surface area contributed by atoms with Crippen LogP contribution in [0, 0.1) is 5.92 Å². The van der Waals surface area contributed by atoms with Crippen LogP contribution in [-0.2, 0) is 13.1 Å². The summed E-state index contributed by atoms with van der Waals surface area (Å²) in [5.41, 5.74) is 0.144. The van der Waals surface area contributed by atoms with E-state index in [-0.39, 0.29) is 5.69 Å². The summed E-state index contributed by atoms with van der Waals surface area (Å²) in [5.74, 6) is 0.727. The molecule has 1 aliphatic rings. The van der Waals surface area contributed by atoms with Crippen LogP contribution < -0.4 is 11.0 Å². The van der Waals surface area contributed by atoms with Crippen molar-refractivity contribution in [2.75, 3.05) is 6.54 Å². The van der Waals surface area contributed by atoms with Crippen LogP contribution in [0.4, 0.5) is 0 Å². The number of rotatable bonds is 7. The van der Waals surface area contributed by atoms with Crippen molar-refractivity contribution in [3.8, 4) is 0 Å². The Balaban J connectivity index is 2.05. The summed E-state index contributed by atoms with van der Waals surface area (Å²) in [5, 5.41) is 3.60. The van der Waals surface area contributed by atoms with Gasteiger partial charge in [-0.3, -0.25) is 9.13 Å².